The van der Waals surface area contributed by atoms with Gasteiger partial charge in [0.25, 0.3) is 0 Å². The molecule has 21 heavy (non-hydrogen) atoms. The van der Waals surface area contributed by atoms with E-state index in [0.29, 0.717) is 6.54 Å². The highest BCUT2D eigenvalue weighted by atomic mass is 35.5. The minimum Gasteiger partial charge on any atom is -0.341 e. The molecular weight excluding hydrogens is 303 g/mol. The van der Waals surface area contributed by atoms with Gasteiger partial charge in [-0.15, -0.1) is 0 Å². The predicted molar refractivity (Wildman–Crippen MR) is 91.0 cm³/mol. The summed E-state index contributed by atoms with van der Waals surface area (Å²) in [5.74, 6) is 0. The number of halogens is 2. The van der Waals surface area contributed by atoms with Crippen molar-refractivity contribution in [3.63, 3.8) is 0 Å². The van der Waals surface area contributed by atoms with Gasteiger partial charge in [-0.25, -0.2) is 0 Å². The van der Waals surface area contributed by atoms with Crippen LogP contribution >= 0.6 is 23.2 Å². The first-order chi connectivity index (χ1) is 10.2. The van der Waals surface area contributed by atoms with E-state index < -0.39 is 0 Å². The van der Waals surface area contributed by atoms with Crippen LogP contribution in [-0.4, -0.2) is 13.1 Å². The number of nitrogens with two attached hydrogens (primary N) is 1. The number of anilines is 2. The number of aryl methyl sites for hydroxylation is 2. The summed E-state index contributed by atoms with van der Waals surface area (Å²) < 4.78 is 0. The molecule has 2 N–H and O–H groups in total. The molecule has 0 atom stereocenters. The highest BCUT2D eigenvalue weighted by molar-refractivity contribution is 6.31. The quantitative estimate of drug-likeness (QED) is 0.896. The van der Waals surface area contributed by atoms with Gasteiger partial charge in [0.1, 0.15) is 0 Å². The Balaban J connectivity index is 2.10. The number of hydrogen-bond donors (Lipinski definition) is 1. The largest absolute Gasteiger partial charge is 0.341 e. The molecule has 0 amide bonds. The van der Waals surface area contributed by atoms with Crippen LogP contribution in [0, 0.1) is 0 Å². The van der Waals surface area contributed by atoms with E-state index in [4.69, 9.17) is 28.9 Å². The molecule has 0 aliphatic carbocycles. The predicted octanol–water partition coefficient (Wildman–Crippen LogP) is 4.58. The Hall–Kier alpha value is -1.22. The van der Waals surface area contributed by atoms with Crippen molar-refractivity contribution in [2.24, 2.45) is 5.73 Å². The Morgan fingerprint density at radius 3 is 1.90 bits per heavy atom. The van der Waals surface area contributed by atoms with E-state index >= 15 is 0 Å². The van der Waals surface area contributed by atoms with E-state index in [1.165, 1.54) is 22.5 Å². The second-order valence-electron chi connectivity index (χ2n) is 5.34. The Labute approximate surface area is 135 Å². The van der Waals surface area contributed by atoms with Crippen molar-refractivity contribution in [2.45, 2.75) is 19.3 Å². The van der Waals surface area contributed by atoms with Crippen molar-refractivity contribution in [1.29, 1.82) is 0 Å². The molecule has 4 heteroatoms. The standard InChI is InChI=1S/C17H18Cl2N2/c18-14-4-6-16-12(10-14)2-3-13-11-15(19)5-7-17(13)21(16)9-1-8-20/h4-7,10-11H,1-3,8-9,20H2. The van der Waals surface area contributed by atoms with E-state index in [1.54, 1.807) is 0 Å². The lowest BCUT2D eigenvalue weighted by atomic mass is 10.0. The van der Waals surface area contributed by atoms with Gasteiger partial charge in [-0.2, -0.15) is 0 Å². The SMILES string of the molecule is NCCCN1c2ccc(Cl)cc2CCc2cc(Cl)ccc21. The fourth-order valence-corrected chi connectivity index (χ4v) is 3.31. The Morgan fingerprint density at radius 2 is 1.43 bits per heavy atom. The van der Waals surface area contributed by atoms with Crippen molar-refractivity contribution >= 4 is 34.6 Å². The molecule has 0 spiro atoms. The zero-order chi connectivity index (χ0) is 14.8. The summed E-state index contributed by atoms with van der Waals surface area (Å²) in [5.41, 5.74) is 10.7. The second kappa shape index (κ2) is 6.27. The molecule has 0 fully saturated rings. The van der Waals surface area contributed by atoms with Crippen molar-refractivity contribution in [3.05, 3.63) is 57.6 Å². The topological polar surface area (TPSA) is 29.3 Å². The zero-order valence-electron chi connectivity index (χ0n) is 11.8. The number of nitrogens with zero attached hydrogens (tertiary/aromatic N) is 1. The van der Waals surface area contributed by atoms with Crippen LogP contribution in [-0.2, 0) is 12.8 Å². The number of fused-ring (bicyclic) bond motifs is 2. The summed E-state index contributed by atoms with van der Waals surface area (Å²) in [6, 6.07) is 12.3. The highest BCUT2D eigenvalue weighted by Crippen LogP contribution is 2.38. The lowest BCUT2D eigenvalue weighted by Gasteiger charge is -2.27. The fraction of sp³-hybridized carbons (Fsp3) is 0.294. The molecule has 1 aliphatic heterocycles. The van der Waals surface area contributed by atoms with Gasteiger partial charge in [-0.3, -0.25) is 0 Å². The van der Waals surface area contributed by atoms with Crippen LogP contribution in [0.5, 0.6) is 0 Å². The molecule has 0 unspecified atom stereocenters. The second-order valence-corrected chi connectivity index (χ2v) is 6.21. The van der Waals surface area contributed by atoms with Gasteiger partial charge in [0, 0.05) is 28.0 Å². The summed E-state index contributed by atoms with van der Waals surface area (Å²) in [5, 5.41) is 1.58. The summed E-state index contributed by atoms with van der Waals surface area (Å²) in [6.45, 7) is 1.59. The molecule has 2 nitrogen and oxygen atoms in total. The molecule has 3 rings (SSSR count). The highest BCUT2D eigenvalue weighted by Gasteiger charge is 2.20. The van der Waals surface area contributed by atoms with Crippen molar-refractivity contribution < 1.29 is 0 Å². The minimum absolute atomic E-state index is 0.683. The van der Waals surface area contributed by atoms with Gasteiger partial charge < -0.3 is 10.6 Å². The van der Waals surface area contributed by atoms with Gasteiger partial charge in [-0.05, 0) is 73.3 Å². The molecule has 1 heterocycles. The first-order valence-corrected chi connectivity index (χ1v) is 7.99. The first-order valence-electron chi connectivity index (χ1n) is 7.23. The van der Waals surface area contributed by atoms with Crippen molar-refractivity contribution in [3.8, 4) is 0 Å². The normalized spacial score (nSPS) is 13.6. The smallest absolute Gasteiger partial charge is 0.0444 e. The van der Waals surface area contributed by atoms with Gasteiger partial charge in [-0.1, -0.05) is 23.2 Å². The van der Waals surface area contributed by atoms with Gasteiger partial charge in [0.2, 0.25) is 0 Å². The summed E-state index contributed by atoms with van der Waals surface area (Å²) in [6.07, 6.45) is 2.90. The Bertz CT molecular complexity index is 602. The molecule has 0 bridgehead atoms. The molecular formula is C17H18Cl2N2. The third kappa shape index (κ3) is 3.03. The summed E-state index contributed by atoms with van der Waals surface area (Å²) in [4.78, 5) is 2.34. The number of benzene rings is 2. The average Bonchev–Trinajstić information content (AvgIpc) is 2.61. The van der Waals surface area contributed by atoms with E-state index in [9.17, 15) is 0 Å². The molecule has 110 valence electrons. The van der Waals surface area contributed by atoms with E-state index in [2.05, 4.69) is 29.2 Å². The number of hydrogen-bond acceptors (Lipinski definition) is 2. The van der Waals surface area contributed by atoms with Gasteiger partial charge in [0.15, 0.2) is 0 Å². The average molecular weight is 321 g/mol. The fourth-order valence-electron chi connectivity index (χ4n) is 2.92. The van der Waals surface area contributed by atoms with Gasteiger partial charge >= 0.3 is 0 Å². The molecule has 1 aliphatic rings. The van der Waals surface area contributed by atoms with Crippen molar-refractivity contribution in [2.75, 3.05) is 18.0 Å². The van der Waals surface area contributed by atoms with Crippen LogP contribution < -0.4 is 10.6 Å². The zero-order valence-corrected chi connectivity index (χ0v) is 13.3. The maximum absolute atomic E-state index is 6.16. The molecule has 2 aromatic rings. The maximum atomic E-state index is 6.16. The summed E-state index contributed by atoms with van der Waals surface area (Å²) >= 11 is 12.3. The number of rotatable bonds is 3. The Morgan fingerprint density at radius 1 is 0.905 bits per heavy atom. The lowest BCUT2D eigenvalue weighted by Crippen LogP contribution is -2.22. The molecule has 2 aromatic carbocycles. The minimum atomic E-state index is 0.683. The van der Waals surface area contributed by atoms with Gasteiger partial charge in [0.05, 0.1) is 0 Å². The Kier molecular flexibility index (Phi) is 4.39. The van der Waals surface area contributed by atoms with E-state index in [-0.39, 0.29) is 0 Å². The van der Waals surface area contributed by atoms with E-state index in [0.717, 1.165) is 35.9 Å². The molecule has 0 radical (unpaired) electrons. The third-order valence-electron chi connectivity index (χ3n) is 3.91. The van der Waals surface area contributed by atoms with Crippen LogP contribution in [0.2, 0.25) is 10.0 Å². The molecule has 0 aromatic heterocycles. The van der Waals surface area contributed by atoms with E-state index in [1.807, 2.05) is 12.1 Å². The third-order valence-corrected chi connectivity index (χ3v) is 4.38. The van der Waals surface area contributed by atoms with Crippen LogP contribution in [0.1, 0.15) is 17.5 Å². The van der Waals surface area contributed by atoms with Crippen LogP contribution in [0.4, 0.5) is 11.4 Å². The van der Waals surface area contributed by atoms with Crippen LogP contribution in [0.3, 0.4) is 0 Å². The molecule has 0 saturated heterocycles. The van der Waals surface area contributed by atoms with Crippen LogP contribution in [0.25, 0.3) is 0 Å². The van der Waals surface area contributed by atoms with Crippen LogP contribution in [0.15, 0.2) is 36.4 Å². The maximum Gasteiger partial charge on any atom is 0.0444 e. The molecule has 0 saturated carbocycles. The lowest BCUT2D eigenvalue weighted by molar-refractivity contribution is 0.816. The monoisotopic (exact) mass is 320 g/mol. The summed E-state index contributed by atoms with van der Waals surface area (Å²) in [7, 11) is 0. The van der Waals surface area contributed by atoms with Crippen molar-refractivity contribution in [1.82, 2.24) is 0 Å². The first kappa shape index (κ1) is 14.7.